The highest BCUT2D eigenvalue weighted by Gasteiger charge is 2.17. The second kappa shape index (κ2) is 5.47. The van der Waals surface area contributed by atoms with Crippen LogP contribution < -0.4 is 5.06 Å². The van der Waals surface area contributed by atoms with Gasteiger partial charge in [-0.05, 0) is 35.2 Å². The Balaban J connectivity index is 2.22. The molecule has 0 aliphatic heterocycles. The molecule has 0 aliphatic carbocycles. The molecule has 0 bridgehead atoms. The molecule has 3 heteroatoms. The second-order valence-corrected chi connectivity index (χ2v) is 5.78. The van der Waals surface area contributed by atoms with E-state index >= 15 is 0 Å². The van der Waals surface area contributed by atoms with Gasteiger partial charge >= 0.3 is 0 Å². The van der Waals surface area contributed by atoms with Crippen molar-refractivity contribution in [3.63, 3.8) is 0 Å². The zero-order chi connectivity index (χ0) is 14.8. The van der Waals surface area contributed by atoms with Crippen molar-refractivity contribution in [2.45, 2.75) is 26.2 Å². The highest BCUT2D eigenvalue weighted by atomic mass is 16.5. The quantitative estimate of drug-likeness (QED) is 0.660. The molecule has 0 aromatic heterocycles. The number of hydrogen-bond acceptors (Lipinski definition) is 2. The van der Waals surface area contributed by atoms with Crippen LogP contribution in [0.4, 0.5) is 5.69 Å². The van der Waals surface area contributed by atoms with Gasteiger partial charge in [-0.25, -0.2) is 0 Å². The summed E-state index contributed by atoms with van der Waals surface area (Å²) in [4.78, 5) is 12.1. The van der Waals surface area contributed by atoms with E-state index in [-0.39, 0.29) is 5.41 Å². The van der Waals surface area contributed by atoms with E-state index in [9.17, 15) is 10.0 Å². The summed E-state index contributed by atoms with van der Waals surface area (Å²) in [6, 6.07) is 16.1. The first-order valence-corrected chi connectivity index (χ1v) is 6.58. The molecule has 0 saturated heterocycles. The zero-order valence-electron chi connectivity index (χ0n) is 12.0. The third kappa shape index (κ3) is 3.06. The van der Waals surface area contributed by atoms with Crippen molar-refractivity contribution in [2.24, 2.45) is 0 Å². The fraction of sp³-hybridized carbons (Fsp3) is 0.235. The van der Waals surface area contributed by atoms with Crippen molar-refractivity contribution in [2.75, 3.05) is 5.06 Å². The van der Waals surface area contributed by atoms with E-state index in [4.69, 9.17) is 0 Å². The van der Waals surface area contributed by atoms with Gasteiger partial charge in [0.15, 0.2) is 0 Å². The maximum atomic E-state index is 12.1. The molecule has 0 heterocycles. The predicted molar refractivity (Wildman–Crippen MR) is 80.2 cm³/mol. The largest absolute Gasteiger partial charge is 0.281 e. The molecule has 0 radical (unpaired) electrons. The molecule has 0 spiro atoms. The summed E-state index contributed by atoms with van der Waals surface area (Å²) in [7, 11) is 0. The summed E-state index contributed by atoms with van der Waals surface area (Å²) in [5, 5.41) is 10.7. The molecule has 1 amide bonds. The lowest BCUT2D eigenvalue weighted by Crippen LogP contribution is -2.27. The van der Waals surface area contributed by atoms with Crippen LogP contribution in [0.5, 0.6) is 0 Å². The summed E-state index contributed by atoms with van der Waals surface area (Å²) in [5.41, 5.74) is 2.12. The van der Waals surface area contributed by atoms with Crippen LogP contribution in [-0.4, -0.2) is 11.1 Å². The molecule has 1 N–H and O–H groups in total. The number of anilines is 1. The molecule has 0 aliphatic rings. The topological polar surface area (TPSA) is 40.5 Å². The fourth-order valence-electron chi connectivity index (χ4n) is 1.92. The van der Waals surface area contributed by atoms with Crippen LogP contribution >= 0.6 is 0 Å². The second-order valence-electron chi connectivity index (χ2n) is 5.78. The van der Waals surface area contributed by atoms with Gasteiger partial charge < -0.3 is 0 Å². The summed E-state index contributed by atoms with van der Waals surface area (Å²) in [5.74, 6) is -0.436. The fourth-order valence-corrected chi connectivity index (χ4v) is 1.92. The van der Waals surface area contributed by atoms with Crippen LogP contribution in [0.25, 0.3) is 0 Å². The Kier molecular flexibility index (Phi) is 3.91. The molecule has 3 nitrogen and oxygen atoms in total. The van der Waals surface area contributed by atoms with Gasteiger partial charge in [-0.1, -0.05) is 51.1 Å². The van der Waals surface area contributed by atoms with Crippen molar-refractivity contribution in [1.82, 2.24) is 0 Å². The Bertz CT molecular complexity index is 583. The van der Waals surface area contributed by atoms with Crippen LogP contribution in [-0.2, 0) is 5.41 Å². The van der Waals surface area contributed by atoms with Crippen LogP contribution in [0.1, 0.15) is 36.7 Å². The monoisotopic (exact) mass is 269 g/mol. The standard InChI is InChI=1S/C17H19NO2/c1-17(2,3)14-9-11-15(12-10-14)18(20)16(19)13-7-5-4-6-8-13/h4-12,20H,1-3H3. The average Bonchev–Trinajstić information content (AvgIpc) is 2.46. The number of carbonyl (C=O) groups excluding carboxylic acids is 1. The third-order valence-electron chi connectivity index (χ3n) is 3.19. The lowest BCUT2D eigenvalue weighted by atomic mass is 9.87. The molecule has 0 saturated carbocycles. The minimum atomic E-state index is -0.436. The lowest BCUT2D eigenvalue weighted by molar-refractivity contribution is 0.0855. The Labute approximate surface area is 119 Å². The first-order valence-electron chi connectivity index (χ1n) is 6.58. The summed E-state index contributed by atoms with van der Waals surface area (Å²) in [6.07, 6.45) is 0. The van der Waals surface area contributed by atoms with Crippen LogP contribution in [0.2, 0.25) is 0 Å². The Hall–Kier alpha value is -2.13. The number of amides is 1. The van der Waals surface area contributed by atoms with Crippen molar-refractivity contribution >= 4 is 11.6 Å². The predicted octanol–water partition coefficient (Wildman–Crippen LogP) is 4.02. The van der Waals surface area contributed by atoms with E-state index in [0.717, 1.165) is 5.56 Å². The molecule has 0 fully saturated rings. The number of carbonyl (C=O) groups is 1. The lowest BCUT2D eigenvalue weighted by Gasteiger charge is -2.21. The van der Waals surface area contributed by atoms with Gasteiger partial charge in [-0.3, -0.25) is 10.0 Å². The number of nitrogens with zero attached hydrogens (tertiary/aromatic N) is 1. The average molecular weight is 269 g/mol. The Morgan fingerprint density at radius 3 is 2.00 bits per heavy atom. The van der Waals surface area contributed by atoms with E-state index in [1.54, 1.807) is 36.4 Å². The number of hydrogen-bond donors (Lipinski definition) is 1. The van der Waals surface area contributed by atoms with Gasteiger partial charge in [0, 0.05) is 5.56 Å². The molecule has 0 atom stereocenters. The molecule has 104 valence electrons. The number of hydroxylamine groups is 1. The SMILES string of the molecule is CC(C)(C)c1ccc(N(O)C(=O)c2ccccc2)cc1. The number of rotatable bonds is 2. The van der Waals surface area contributed by atoms with Crippen molar-refractivity contribution in [3.05, 3.63) is 65.7 Å². The minimum Gasteiger partial charge on any atom is -0.281 e. The molecule has 0 unspecified atom stereocenters. The highest BCUT2D eigenvalue weighted by Crippen LogP contribution is 2.25. The van der Waals surface area contributed by atoms with E-state index in [1.165, 1.54) is 0 Å². The smallest absolute Gasteiger partial charge is 0.281 e. The van der Waals surface area contributed by atoms with E-state index in [1.807, 2.05) is 18.2 Å². The van der Waals surface area contributed by atoms with Gasteiger partial charge in [0.2, 0.25) is 0 Å². The van der Waals surface area contributed by atoms with Gasteiger partial charge in [-0.2, -0.15) is 5.06 Å². The van der Waals surface area contributed by atoms with Gasteiger partial charge in [-0.15, -0.1) is 0 Å². The minimum absolute atomic E-state index is 0.0439. The zero-order valence-corrected chi connectivity index (χ0v) is 12.0. The number of benzene rings is 2. The van der Waals surface area contributed by atoms with Crippen molar-refractivity contribution in [3.8, 4) is 0 Å². The summed E-state index contributed by atoms with van der Waals surface area (Å²) >= 11 is 0. The summed E-state index contributed by atoms with van der Waals surface area (Å²) < 4.78 is 0. The van der Waals surface area contributed by atoms with E-state index in [0.29, 0.717) is 16.3 Å². The van der Waals surface area contributed by atoms with Crippen molar-refractivity contribution < 1.29 is 10.0 Å². The molecule has 20 heavy (non-hydrogen) atoms. The van der Waals surface area contributed by atoms with Gasteiger partial charge in [0.1, 0.15) is 0 Å². The molecule has 2 aromatic carbocycles. The van der Waals surface area contributed by atoms with Crippen molar-refractivity contribution in [1.29, 1.82) is 0 Å². The van der Waals surface area contributed by atoms with Crippen LogP contribution in [0, 0.1) is 0 Å². The van der Waals surface area contributed by atoms with Crippen LogP contribution in [0.15, 0.2) is 54.6 Å². The van der Waals surface area contributed by atoms with E-state index < -0.39 is 5.91 Å². The van der Waals surface area contributed by atoms with Gasteiger partial charge in [0.25, 0.3) is 5.91 Å². The highest BCUT2D eigenvalue weighted by molar-refractivity contribution is 6.04. The maximum absolute atomic E-state index is 12.1. The Morgan fingerprint density at radius 2 is 1.50 bits per heavy atom. The Morgan fingerprint density at radius 1 is 0.950 bits per heavy atom. The third-order valence-corrected chi connectivity index (χ3v) is 3.19. The van der Waals surface area contributed by atoms with Crippen LogP contribution in [0.3, 0.4) is 0 Å². The molecule has 2 aromatic rings. The first-order chi connectivity index (χ1) is 9.39. The van der Waals surface area contributed by atoms with Gasteiger partial charge in [0.05, 0.1) is 5.69 Å². The maximum Gasteiger partial charge on any atom is 0.281 e. The molecule has 2 rings (SSSR count). The molecular weight excluding hydrogens is 250 g/mol. The summed E-state index contributed by atoms with van der Waals surface area (Å²) in [6.45, 7) is 6.36. The van der Waals surface area contributed by atoms with E-state index in [2.05, 4.69) is 20.8 Å². The normalized spacial score (nSPS) is 11.2. The first kappa shape index (κ1) is 14.3. The molecular formula is C17H19NO2.